The van der Waals surface area contributed by atoms with Crippen LogP contribution >= 0.6 is 11.3 Å². The normalized spacial score (nSPS) is 21.5. The minimum Gasteiger partial charge on any atom is -0.491 e. The molecule has 0 radical (unpaired) electrons. The molecular weight excluding hydrogens is 534 g/mol. The number of thiophene rings is 1. The lowest BCUT2D eigenvalue weighted by Gasteiger charge is -2.43. The Morgan fingerprint density at radius 1 is 1.16 bits per heavy atom. The number of likely N-dealkylation sites (tertiary alicyclic amines) is 1. The molecule has 8 nitrogen and oxygen atoms in total. The van der Waals surface area contributed by atoms with E-state index in [1.807, 2.05) is 12.1 Å². The summed E-state index contributed by atoms with van der Waals surface area (Å²) in [6.45, 7) is 4.75. The van der Waals surface area contributed by atoms with E-state index in [1.165, 1.54) is 5.56 Å². The van der Waals surface area contributed by atoms with Gasteiger partial charge in [-0.25, -0.2) is 9.59 Å². The monoisotopic (exact) mass is 558 g/mol. The first-order chi connectivity index (χ1) is 17.2. The summed E-state index contributed by atoms with van der Waals surface area (Å²) >= 11 is 1.77. The summed E-state index contributed by atoms with van der Waals surface area (Å²) in [5.41, 5.74) is 1.53. The number of hydrogen-bond acceptors (Lipinski definition) is 7. The molecular formula is C22H24F6N2O6S. The molecule has 0 spiro atoms. The number of hydrogen-bond donors (Lipinski definition) is 2. The van der Waals surface area contributed by atoms with Gasteiger partial charge in [0.1, 0.15) is 5.75 Å². The van der Waals surface area contributed by atoms with E-state index in [0.717, 1.165) is 44.8 Å². The molecule has 2 N–H and O–H groups in total. The molecule has 2 atom stereocenters. The van der Waals surface area contributed by atoms with Crippen LogP contribution in [0.4, 0.5) is 26.3 Å². The molecule has 2 aliphatic rings. The van der Waals surface area contributed by atoms with Gasteiger partial charge in [0, 0.05) is 37.9 Å². The first-order valence-corrected chi connectivity index (χ1v) is 11.7. The topological polar surface area (TPSA) is 109 Å². The van der Waals surface area contributed by atoms with Crippen molar-refractivity contribution in [2.75, 3.05) is 26.3 Å². The highest BCUT2D eigenvalue weighted by molar-refractivity contribution is 7.07. The lowest BCUT2D eigenvalue weighted by molar-refractivity contribution is -0.193. The Balaban J connectivity index is 0.000000286. The maximum Gasteiger partial charge on any atom is 0.490 e. The summed E-state index contributed by atoms with van der Waals surface area (Å²) in [5, 5.41) is 18.7. The Kier molecular flexibility index (Phi) is 10.7. The van der Waals surface area contributed by atoms with Crippen molar-refractivity contribution in [3.05, 3.63) is 46.9 Å². The Hall–Kier alpha value is -2.91. The van der Waals surface area contributed by atoms with E-state index in [-0.39, 0.29) is 5.41 Å². The highest BCUT2D eigenvalue weighted by Gasteiger charge is 2.48. The van der Waals surface area contributed by atoms with Gasteiger partial charge in [-0.15, -0.1) is 0 Å². The number of aliphatic carboxylic acids is 2. The number of aromatic nitrogens is 1. The lowest BCUT2D eigenvalue weighted by Crippen LogP contribution is -2.52. The quantitative estimate of drug-likeness (QED) is 0.518. The van der Waals surface area contributed by atoms with Crippen LogP contribution in [-0.4, -0.2) is 76.8 Å². The fourth-order valence-electron chi connectivity index (χ4n) is 3.78. The average molecular weight is 558 g/mol. The van der Waals surface area contributed by atoms with E-state index < -0.39 is 24.3 Å². The van der Waals surface area contributed by atoms with Crippen LogP contribution in [0.2, 0.25) is 0 Å². The van der Waals surface area contributed by atoms with Crippen LogP contribution in [0.1, 0.15) is 18.4 Å². The van der Waals surface area contributed by atoms with Gasteiger partial charge in [0.15, 0.2) is 0 Å². The standard InChI is InChI=1S/C18H22N2O2S.2C2HF3O2/c1-2-16(10-19-6-1)22-14-18-5-8-21-17(18)3-7-20(13-18)11-15-4-9-23-12-15;2*3-2(4,5)1(6)7/h1-2,4,6,9-10,12,17H,3,5,7-8,11,13-14H2;2*(H,6,7)/t17-,18+;;/m1../s1. The second-order valence-electron chi connectivity index (χ2n) is 8.19. The van der Waals surface area contributed by atoms with Crippen molar-refractivity contribution in [1.29, 1.82) is 0 Å². The molecule has 15 heteroatoms. The molecule has 0 unspecified atom stereocenters. The van der Waals surface area contributed by atoms with E-state index >= 15 is 0 Å². The van der Waals surface area contributed by atoms with E-state index in [9.17, 15) is 26.3 Å². The average Bonchev–Trinajstić information content (AvgIpc) is 3.48. The van der Waals surface area contributed by atoms with Crippen molar-refractivity contribution < 1.29 is 55.6 Å². The van der Waals surface area contributed by atoms with Crippen molar-refractivity contribution in [1.82, 2.24) is 9.88 Å². The fraction of sp³-hybridized carbons (Fsp3) is 0.500. The van der Waals surface area contributed by atoms with Crippen LogP contribution in [0.5, 0.6) is 5.75 Å². The summed E-state index contributed by atoms with van der Waals surface area (Å²) in [6, 6.07) is 6.11. The number of carboxylic acid groups (broad SMARTS) is 2. The third-order valence-electron chi connectivity index (χ3n) is 5.48. The van der Waals surface area contributed by atoms with Crippen LogP contribution in [-0.2, 0) is 20.9 Å². The van der Waals surface area contributed by atoms with Gasteiger partial charge in [-0.3, -0.25) is 9.88 Å². The first-order valence-electron chi connectivity index (χ1n) is 10.7. The van der Waals surface area contributed by atoms with Crippen LogP contribution in [0.3, 0.4) is 0 Å². The second-order valence-corrected chi connectivity index (χ2v) is 8.97. The number of alkyl halides is 6. The summed E-state index contributed by atoms with van der Waals surface area (Å²) < 4.78 is 75.6. The molecule has 0 bridgehead atoms. The van der Waals surface area contributed by atoms with Gasteiger partial charge in [0.05, 0.1) is 18.9 Å². The van der Waals surface area contributed by atoms with E-state index in [0.29, 0.717) is 12.7 Å². The van der Waals surface area contributed by atoms with Crippen molar-refractivity contribution in [2.45, 2.75) is 37.8 Å². The number of fused-ring (bicyclic) bond motifs is 1. The molecule has 4 heterocycles. The van der Waals surface area contributed by atoms with Crippen molar-refractivity contribution in [3.63, 3.8) is 0 Å². The second kappa shape index (κ2) is 13.1. The SMILES string of the molecule is O=C(O)C(F)(F)F.O=C(O)C(F)(F)F.c1cncc(OC[C@@]23CCO[C@@H]2CCN(Cc2ccsc2)C3)c1. The highest BCUT2D eigenvalue weighted by atomic mass is 32.1. The van der Waals surface area contributed by atoms with Gasteiger partial charge in [0.2, 0.25) is 0 Å². The Morgan fingerprint density at radius 3 is 2.32 bits per heavy atom. The number of carboxylic acids is 2. The molecule has 2 aliphatic heterocycles. The smallest absolute Gasteiger partial charge is 0.490 e. The van der Waals surface area contributed by atoms with Crippen LogP contribution in [0, 0.1) is 5.41 Å². The minimum atomic E-state index is -5.08. The largest absolute Gasteiger partial charge is 0.491 e. The van der Waals surface area contributed by atoms with E-state index in [1.54, 1.807) is 23.7 Å². The van der Waals surface area contributed by atoms with E-state index in [2.05, 4.69) is 26.7 Å². The van der Waals surface area contributed by atoms with Gasteiger partial charge >= 0.3 is 24.3 Å². The molecule has 0 aliphatic carbocycles. The number of pyridine rings is 1. The zero-order valence-corrected chi connectivity index (χ0v) is 20.0. The fourth-order valence-corrected chi connectivity index (χ4v) is 4.44. The van der Waals surface area contributed by atoms with Gasteiger partial charge in [0.25, 0.3) is 0 Å². The van der Waals surface area contributed by atoms with Crippen LogP contribution in [0.25, 0.3) is 0 Å². The maximum absolute atomic E-state index is 10.6. The summed E-state index contributed by atoms with van der Waals surface area (Å²) in [7, 11) is 0. The Labute approximate surface area is 211 Å². The van der Waals surface area contributed by atoms with E-state index in [4.69, 9.17) is 29.3 Å². The Morgan fingerprint density at radius 2 is 1.81 bits per heavy atom. The third kappa shape index (κ3) is 9.81. The van der Waals surface area contributed by atoms with Gasteiger partial charge in [-0.1, -0.05) is 0 Å². The number of ether oxygens (including phenoxy) is 2. The summed E-state index contributed by atoms with van der Waals surface area (Å²) in [5.74, 6) is -4.66. The first kappa shape index (κ1) is 30.3. The predicted octanol–water partition coefficient (Wildman–Crippen LogP) is 4.47. The summed E-state index contributed by atoms with van der Waals surface area (Å²) in [4.78, 5) is 24.5. The van der Waals surface area contributed by atoms with Crippen molar-refractivity contribution in [2.24, 2.45) is 5.41 Å². The third-order valence-corrected chi connectivity index (χ3v) is 6.21. The molecule has 4 rings (SSSR count). The van der Waals surface area contributed by atoms with Gasteiger partial charge in [-0.2, -0.15) is 37.7 Å². The zero-order valence-electron chi connectivity index (χ0n) is 19.2. The molecule has 2 fully saturated rings. The van der Waals surface area contributed by atoms with Crippen molar-refractivity contribution in [3.8, 4) is 5.75 Å². The van der Waals surface area contributed by atoms with Gasteiger partial charge < -0.3 is 19.7 Å². The number of rotatable bonds is 5. The highest BCUT2D eigenvalue weighted by Crippen LogP contribution is 2.41. The molecule has 37 heavy (non-hydrogen) atoms. The number of piperidine rings is 1. The number of carbonyl (C=O) groups is 2. The minimum absolute atomic E-state index is 0.115. The number of nitrogens with zero attached hydrogens (tertiary/aromatic N) is 2. The molecule has 0 saturated carbocycles. The summed E-state index contributed by atoms with van der Waals surface area (Å²) in [6.07, 6.45) is -4.10. The molecule has 206 valence electrons. The lowest BCUT2D eigenvalue weighted by atomic mass is 9.77. The van der Waals surface area contributed by atoms with Crippen molar-refractivity contribution >= 4 is 23.3 Å². The predicted molar refractivity (Wildman–Crippen MR) is 118 cm³/mol. The molecule has 2 aromatic rings. The van der Waals surface area contributed by atoms with Gasteiger partial charge in [-0.05, 0) is 47.4 Å². The zero-order chi connectivity index (χ0) is 27.7. The Bertz CT molecular complexity index is 966. The molecule has 0 aromatic carbocycles. The molecule has 2 saturated heterocycles. The number of halogens is 6. The maximum atomic E-state index is 10.6. The van der Waals surface area contributed by atoms with Crippen LogP contribution < -0.4 is 4.74 Å². The molecule has 2 aromatic heterocycles. The van der Waals surface area contributed by atoms with Crippen LogP contribution in [0.15, 0.2) is 41.4 Å². The molecule has 0 amide bonds.